The summed E-state index contributed by atoms with van der Waals surface area (Å²) in [6.45, 7) is 4.86. The number of aryl methyl sites for hydroxylation is 3. The van der Waals surface area contributed by atoms with Gasteiger partial charge in [0.1, 0.15) is 11.4 Å². The highest BCUT2D eigenvalue weighted by atomic mass is 79.9. The van der Waals surface area contributed by atoms with Crippen LogP contribution in [0.2, 0.25) is 0 Å². The summed E-state index contributed by atoms with van der Waals surface area (Å²) < 4.78 is 28.2. The lowest BCUT2D eigenvalue weighted by atomic mass is 10.2. The van der Waals surface area contributed by atoms with Crippen molar-refractivity contribution in [3.8, 4) is 0 Å². The largest absolute Gasteiger partial charge is 0.325 e. The van der Waals surface area contributed by atoms with Crippen molar-refractivity contribution < 1.29 is 13.2 Å². The molecule has 2 aromatic carbocycles. The summed E-state index contributed by atoms with van der Waals surface area (Å²) in [5.41, 5.74) is 1.69. The van der Waals surface area contributed by atoms with Gasteiger partial charge >= 0.3 is 0 Å². The molecule has 0 saturated carbocycles. The van der Waals surface area contributed by atoms with Gasteiger partial charge in [0.05, 0.1) is 4.90 Å². The number of nitrogens with zero attached hydrogens (tertiary/aromatic N) is 1. The van der Waals surface area contributed by atoms with Crippen molar-refractivity contribution in [2.45, 2.75) is 37.1 Å². The molecular formula is C22H21BrN2O4S. The van der Waals surface area contributed by atoms with E-state index < -0.39 is 21.3 Å². The third-order valence-corrected chi connectivity index (χ3v) is 7.53. The number of benzene rings is 2. The van der Waals surface area contributed by atoms with E-state index >= 15 is 0 Å². The Balaban J connectivity index is 1.98. The van der Waals surface area contributed by atoms with Crippen LogP contribution in [0.5, 0.6) is 0 Å². The van der Waals surface area contributed by atoms with Crippen LogP contribution in [-0.2, 0) is 21.2 Å². The molecule has 3 aromatic rings. The molecule has 1 amide bonds. The smallest absolute Gasteiger partial charge is 0.270 e. The molecule has 0 spiro atoms. The maximum absolute atomic E-state index is 13.1. The average Bonchev–Trinajstić information content (AvgIpc) is 2.68. The van der Waals surface area contributed by atoms with Crippen molar-refractivity contribution in [1.29, 1.82) is 0 Å². The highest BCUT2D eigenvalue weighted by Gasteiger charge is 2.26. The van der Waals surface area contributed by atoms with Crippen LogP contribution in [0, 0.1) is 20.8 Å². The molecule has 0 unspecified atom stereocenters. The number of nitrogens with one attached hydrogen (secondary N) is 1. The fraction of sp³-hybridized carbons (Fsp3) is 0.182. The van der Waals surface area contributed by atoms with Crippen LogP contribution in [-0.4, -0.2) is 18.9 Å². The molecule has 0 atom stereocenters. The molecule has 0 bridgehead atoms. The highest BCUT2D eigenvalue weighted by molar-refractivity contribution is 9.10. The lowest BCUT2D eigenvalue weighted by Gasteiger charge is -2.15. The zero-order valence-electron chi connectivity index (χ0n) is 16.8. The van der Waals surface area contributed by atoms with E-state index in [0.717, 1.165) is 10.0 Å². The minimum absolute atomic E-state index is 0.0374. The fourth-order valence-electron chi connectivity index (χ4n) is 3.22. The van der Waals surface area contributed by atoms with Crippen LogP contribution in [0.15, 0.2) is 73.7 Å². The van der Waals surface area contributed by atoms with Gasteiger partial charge in [-0.3, -0.25) is 9.59 Å². The predicted molar refractivity (Wildman–Crippen MR) is 120 cm³/mol. The van der Waals surface area contributed by atoms with Crippen LogP contribution in [0.4, 0.5) is 5.69 Å². The quantitative estimate of drug-likeness (QED) is 0.587. The van der Waals surface area contributed by atoms with E-state index in [1.165, 1.54) is 16.7 Å². The van der Waals surface area contributed by atoms with Gasteiger partial charge in [0, 0.05) is 15.9 Å². The van der Waals surface area contributed by atoms with Gasteiger partial charge in [-0.15, -0.1) is 0 Å². The van der Waals surface area contributed by atoms with E-state index in [0.29, 0.717) is 16.9 Å². The normalized spacial score (nSPS) is 11.3. The maximum Gasteiger partial charge on any atom is 0.270 e. The molecule has 0 radical (unpaired) electrons. The number of halogens is 1. The second kappa shape index (κ2) is 8.57. The van der Waals surface area contributed by atoms with Gasteiger partial charge in [0.2, 0.25) is 15.7 Å². The van der Waals surface area contributed by atoms with Crippen molar-refractivity contribution in [1.82, 2.24) is 4.57 Å². The molecule has 30 heavy (non-hydrogen) atoms. The summed E-state index contributed by atoms with van der Waals surface area (Å²) in [5.74, 6) is -0.422. The minimum atomic E-state index is -4.01. The molecule has 6 nitrogen and oxygen atoms in total. The second-order valence-corrected chi connectivity index (χ2v) is 9.76. The number of carbonyl (C=O) groups is 1. The van der Waals surface area contributed by atoms with E-state index in [1.54, 1.807) is 50.2 Å². The minimum Gasteiger partial charge on any atom is -0.325 e. The van der Waals surface area contributed by atoms with E-state index in [-0.39, 0.29) is 16.3 Å². The SMILES string of the molecule is Cc1cc(NC(=O)Cn2c(C)cc(C)c(S(=O)(=O)c3ccccc3)c2=O)ccc1Br. The number of aromatic nitrogens is 1. The zero-order valence-corrected chi connectivity index (χ0v) is 19.2. The first-order valence-corrected chi connectivity index (χ1v) is 11.5. The van der Waals surface area contributed by atoms with Crippen molar-refractivity contribution in [2.75, 3.05) is 5.32 Å². The molecule has 0 aliphatic rings. The Morgan fingerprint density at radius 2 is 1.67 bits per heavy atom. The number of carbonyl (C=O) groups excluding carboxylic acids is 1. The Hall–Kier alpha value is -2.71. The van der Waals surface area contributed by atoms with Gasteiger partial charge in [-0.1, -0.05) is 34.1 Å². The third-order valence-electron chi connectivity index (χ3n) is 4.71. The van der Waals surface area contributed by atoms with Crippen LogP contribution in [0.1, 0.15) is 16.8 Å². The number of pyridine rings is 1. The number of hydrogen-bond acceptors (Lipinski definition) is 4. The monoisotopic (exact) mass is 488 g/mol. The first kappa shape index (κ1) is 22.0. The molecule has 0 aliphatic carbocycles. The van der Waals surface area contributed by atoms with E-state index in [2.05, 4.69) is 21.2 Å². The van der Waals surface area contributed by atoms with Gasteiger partial charge < -0.3 is 9.88 Å². The summed E-state index contributed by atoms with van der Waals surface area (Å²) in [5, 5.41) is 2.75. The Kier molecular flexibility index (Phi) is 6.28. The lowest BCUT2D eigenvalue weighted by molar-refractivity contribution is -0.116. The zero-order chi connectivity index (χ0) is 22.1. The molecule has 1 N–H and O–H groups in total. The van der Waals surface area contributed by atoms with Crippen LogP contribution in [0.25, 0.3) is 0 Å². The van der Waals surface area contributed by atoms with E-state index in [1.807, 2.05) is 13.0 Å². The number of sulfone groups is 1. The molecule has 1 heterocycles. The standard InChI is InChI=1S/C22H21BrN2O4S/c1-14-12-17(9-10-19(14)23)24-20(26)13-25-16(3)11-15(2)21(22(25)27)30(28,29)18-7-5-4-6-8-18/h4-12H,13H2,1-3H3,(H,24,26). The fourth-order valence-corrected chi connectivity index (χ4v) is 5.04. The van der Waals surface area contributed by atoms with E-state index in [9.17, 15) is 18.0 Å². The number of anilines is 1. The Labute approximate surface area is 183 Å². The lowest BCUT2D eigenvalue weighted by Crippen LogP contribution is -2.33. The molecule has 3 rings (SSSR count). The first-order chi connectivity index (χ1) is 14.1. The molecule has 1 aromatic heterocycles. The Morgan fingerprint density at radius 1 is 1.00 bits per heavy atom. The summed E-state index contributed by atoms with van der Waals surface area (Å²) in [6, 6.07) is 14.8. The van der Waals surface area contributed by atoms with Gasteiger partial charge in [0.15, 0.2) is 0 Å². The molecule has 156 valence electrons. The second-order valence-electron chi connectivity index (χ2n) is 7.02. The van der Waals surface area contributed by atoms with Gasteiger partial charge in [-0.05, 0) is 68.3 Å². The van der Waals surface area contributed by atoms with Gasteiger partial charge in [-0.2, -0.15) is 0 Å². The van der Waals surface area contributed by atoms with Crippen molar-refractivity contribution in [3.63, 3.8) is 0 Å². The molecular weight excluding hydrogens is 468 g/mol. The maximum atomic E-state index is 13.1. The summed E-state index contributed by atoms with van der Waals surface area (Å²) in [6.07, 6.45) is 0. The van der Waals surface area contributed by atoms with E-state index in [4.69, 9.17) is 0 Å². The molecule has 0 aliphatic heterocycles. The first-order valence-electron chi connectivity index (χ1n) is 9.18. The highest BCUT2D eigenvalue weighted by Crippen LogP contribution is 2.22. The van der Waals surface area contributed by atoms with Crippen LogP contribution in [0.3, 0.4) is 0 Å². The Bertz CT molecular complexity index is 1280. The Morgan fingerprint density at radius 3 is 2.30 bits per heavy atom. The summed E-state index contributed by atoms with van der Waals surface area (Å²) in [7, 11) is -4.01. The average molecular weight is 489 g/mol. The number of rotatable bonds is 5. The van der Waals surface area contributed by atoms with Gasteiger partial charge in [0.25, 0.3) is 5.56 Å². The summed E-state index contributed by atoms with van der Waals surface area (Å²) in [4.78, 5) is 25.4. The molecule has 0 fully saturated rings. The van der Waals surface area contributed by atoms with Crippen molar-refractivity contribution in [2.24, 2.45) is 0 Å². The summed E-state index contributed by atoms with van der Waals surface area (Å²) >= 11 is 3.41. The molecule has 8 heteroatoms. The topological polar surface area (TPSA) is 85.2 Å². The third kappa shape index (κ3) is 4.39. The van der Waals surface area contributed by atoms with Crippen LogP contribution < -0.4 is 10.9 Å². The molecule has 0 saturated heterocycles. The van der Waals surface area contributed by atoms with Crippen molar-refractivity contribution in [3.05, 3.63) is 86.2 Å². The predicted octanol–water partition coefficient (Wildman–Crippen LogP) is 4.01. The number of amides is 1. The van der Waals surface area contributed by atoms with Gasteiger partial charge in [-0.25, -0.2) is 8.42 Å². The number of hydrogen-bond donors (Lipinski definition) is 1. The van der Waals surface area contributed by atoms with Crippen LogP contribution >= 0.6 is 15.9 Å². The van der Waals surface area contributed by atoms with Crippen molar-refractivity contribution >= 4 is 37.4 Å².